The van der Waals surface area contributed by atoms with E-state index in [1.54, 1.807) is 0 Å². The minimum absolute atomic E-state index is 0.408. The Morgan fingerprint density at radius 1 is 1.30 bits per heavy atom. The van der Waals surface area contributed by atoms with E-state index in [9.17, 15) is 0 Å². The fraction of sp³-hybridized carbons (Fsp3) is 0.625. The molecule has 0 spiro atoms. The molecule has 1 saturated heterocycles. The lowest BCUT2D eigenvalue weighted by Gasteiger charge is -2.20. The molecular formula is C16H23ClN2O. The van der Waals surface area contributed by atoms with Gasteiger partial charge in [0.1, 0.15) is 5.75 Å². The van der Waals surface area contributed by atoms with Gasteiger partial charge in [0.15, 0.2) is 0 Å². The summed E-state index contributed by atoms with van der Waals surface area (Å²) in [5, 5.41) is 0.762. The van der Waals surface area contributed by atoms with Gasteiger partial charge in [0.05, 0.1) is 6.61 Å². The lowest BCUT2D eigenvalue weighted by Crippen LogP contribution is -2.20. The SMILES string of the molecule is CN1CC(CN)CC1c1cc(Cl)cc(OCC2CC2)c1. The van der Waals surface area contributed by atoms with Crippen LogP contribution in [0.3, 0.4) is 0 Å². The van der Waals surface area contributed by atoms with E-state index in [2.05, 4.69) is 24.1 Å². The average molecular weight is 295 g/mol. The average Bonchev–Trinajstić information content (AvgIpc) is 3.17. The predicted molar refractivity (Wildman–Crippen MR) is 82.2 cm³/mol. The fourth-order valence-electron chi connectivity index (χ4n) is 3.02. The maximum atomic E-state index is 6.25. The third-order valence-electron chi connectivity index (χ3n) is 4.43. The number of ether oxygens (including phenoxy) is 1. The topological polar surface area (TPSA) is 38.5 Å². The van der Waals surface area contributed by atoms with Gasteiger partial charge in [-0.25, -0.2) is 0 Å². The van der Waals surface area contributed by atoms with Gasteiger partial charge in [-0.3, -0.25) is 4.90 Å². The number of hydrogen-bond donors (Lipinski definition) is 1. The smallest absolute Gasteiger partial charge is 0.121 e. The van der Waals surface area contributed by atoms with Gasteiger partial charge >= 0.3 is 0 Å². The minimum atomic E-state index is 0.408. The van der Waals surface area contributed by atoms with Gasteiger partial charge in [-0.2, -0.15) is 0 Å². The van der Waals surface area contributed by atoms with Crippen molar-refractivity contribution in [3.8, 4) is 5.75 Å². The Morgan fingerprint density at radius 3 is 2.75 bits per heavy atom. The second-order valence-electron chi connectivity index (χ2n) is 6.27. The molecule has 1 heterocycles. The van der Waals surface area contributed by atoms with Crippen LogP contribution in [0.5, 0.6) is 5.75 Å². The molecule has 2 fully saturated rings. The Kier molecular flexibility index (Phi) is 4.20. The summed E-state index contributed by atoms with van der Waals surface area (Å²) in [6, 6.07) is 6.54. The molecular weight excluding hydrogens is 272 g/mol. The molecule has 20 heavy (non-hydrogen) atoms. The maximum absolute atomic E-state index is 6.25. The highest BCUT2D eigenvalue weighted by molar-refractivity contribution is 6.30. The van der Waals surface area contributed by atoms with E-state index in [0.29, 0.717) is 12.0 Å². The van der Waals surface area contributed by atoms with Crippen LogP contribution in [0.25, 0.3) is 0 Å². The molecule has 4 heteroatoms. The van der Waals surface area contributed by atoms with Crippen molar-refractivity contribution in [1.82, 2.24) is 4.90 Å². The molecule has 110 valence electrons. The van der Waals surface area contributed by atoms with Gasteiger partial charge in [-0.15, -0.1) is 0 Å². The van der Waals surface area contributed by atoms with Gasteiger partial charge in [0.2, 0.25) is 0 Å². The predicted octanol–water partition coefficient (Wildman–Crippen LogP) is 3.08. The highest BCUT2D eigenvalue weighted by Gasteiger charge is 2.30. The van der Waals surface area contributed by atoms with E-state index in [4.69, 9.17) is 22.1 Å². The summed E-state index contributed by atoms with van der Waals surface area (Å²) in [6.07, 6.45) is 3.71. The van der Waals surface area contributed by atoms with Crippen LogP contribution in [0.1, 0.15) is 30.9 Å². The van der Waals surface area contributed by atoms with Crippen molar-refractivity contribution < 1.29 is 4.74 Å². The van der Waals surface area contributed by atoms with Crippen LogP contribution in [0.4, 0.5) is 0 Å². The van der Waals surface area contributed by atoms with Crippen molar-refractivity contribution in [2.24, 2.45) is 17.6 Å². The van der Waals surface area contributed by atoms with Crippen molar-refractivity contribution in [2.45, 2.75) is 25.3 Å². The first-order chi connectivity index (χ1) is 9.65. The molecule has 1 saturated carbocycles. The van der Waals surface area contributed by atoms with Gasteiger partial charge < -0.3 is 10.5 Å². The Hall–Kier alpha value is -0.770. The van der Waals surface area contributed by atoms with Gasteiger partial charge in [-0.05, 0) is 68.5 Å². The first kappa shape index (κ1) is 14.2. The van der Waals surface area contributed by atoms with Crippen LogP contribution in [0, 0.1) is 11.8 Å². The second-order valence-corrected chi connectivity index (χ2v) is 6.70. The number of hydrogen-bond acceptors (Lipinski definition) is 3. The van der Waals surface area contributed by atoms with Crippen molar-refractivity contribution in [2.75, 3.05) is 26.7 Å². The number of halogens is 1. The Morgan fingerprint density at radius 2 is 2.10 bits per heavy atom. The molecule has 0 bridgehead atoms. The molecule has 0 radical (unpaired) electrons. The van der Waals surface area contributed by atoms with Crippen molar-refractivity contribution in [3.63, 3.8) is 0 Å². The molecule has 2 aliphatic rings. The number of rotatable bonds is 5. The molecule has 1 aromatic rings. The summed E-state index contributed by atoms with van der Waals surface area (Å²) < 4.78 is 5.87. The third-order valence-corrected chi connectivity index (χ3v) is 4.65. The molecule has 1 aliphatic heterocycles. The summed E-state index contributed by atoms with van der Waals surface area (Å²) in [5.74, 6) is 2.25. The molecule has 0 aromatic heterocycles. The molecule has 1 aromatic carbocycles. The minimum Gasteiger partial charge on any atom is -0.493 e. The Labute approximate surface area is 126 Å². The summed E-state index contributed by atoms with van der Waals surface area (Å²) in [4.78, 5) is 2.37. The largest absolute Gasteiger partial charge is 0.493 e. The van der Waals surface area contributed by atoms with Crippen molar-refractivity contribution >= 4 is 11.6 Å². The number of nitrogens with zero attached hydrogens (tertiary/aromatic N) is 1. The number of nitrogens with two attached hydrogens (primary N) is 1. The molecule has 2 atom stereocenters. The number of benzene rings is 1. The van der Waals surface area contributed by atoms with Gasteiger partial charge in [0.25, 0.3) is 0 Å². The van der Waals surface area contributed by atoms with E-state index in [0.717, 1.165) is 42.8 Å². The van der Waals surface area contributed by atoms with E-state index in [1.807, 2.05) is 6.07 Å². The lowest BCUT2D eigenvalue weighted by molar-refractivity contribution is 0.294. The van der Waals surface area contributed by atoms with Crippen molar-refractivity contribution in [1.29, 1.82) is 0 Å². The summed E-state index contributed by atoms with van der Waals surface area (Å²) in [6.45, 7) is 2.64. The lowest BCUT2D eigenvalue weighted by atomic mass is 10.00. The normalized spacial score (nSPS) is 26.9. The quantitative estimate of drug-likeness (QED) is 0.907. The fourth-order valence-corrected chi connectivity index (χ4v) is 3.26. The van der Waals surface area contributed by atoms with E-state index < -0.39 is 0 Å². The molecule has 2 unspecified atom stereocenters. The first-order valence-corrected chi connectivity index (χ1v) is 7.87. The first-order valence-electron chi connectivity index (χ1n) is 7.49. The zero-order chi connectivity index (χ0) is 14.1. The van der Waals surface area contributed by atoms with E-state index in [-0.39, 0.29) is 0 Å². The Bertz CT molecular complexity index is 476. The molecule has 3 nitrogen and oxygen atoms in total. The number of likely N-dealkylation sites (tertiary alicyclic amines) is 1. The van der Waals surface area contributed by atoms with Crippen LogP contribution < -0.4 is 10.5 Å². The van der Waals surface area contributed by atoms with Gasteiger partial charge in [0, 0.05) is 17.6 Å². The monoisotopic (exact) mass is 294 g/mol. The summed E-state index contributed by atoms with van der Waals surface area (Å²) in [5.41, 5.74) is 7.06. The highest BCUT2D eigenvalue weighted by Crippen LogP contribution is 2.37. The van der Waals surface area contributed by atoms with Crippen LogP contribution in [-0.4, -0.2) is 31.6 Å². The van der Waals surface area contributed by atoms with Crippen LogP contribution in [0.2, 0.25) is 5.02 Å². The zero-order valence-corrected chi connectivity index (χ0v) is 12.8. The Balaban J connectivity index is 1.74. The van der Waals surface area contributed by atoms with Gasteiger partial charge in [-0.1, -0.05) is 11.6 Å². The molecule has 1 aliphatic carbocycles. The standard InChI is InChI=1S/C16H23ClN2O/c1-19-9-12(8-18)4-16(19)13-5-14(17)7-15(6-13)20-10-11-2-3-11/h5-7,11-12,16H,2-4,8-10,18H2,1H3. The molecule has 3 rings (SSSR count). The zero-order valence-electron chi connectivity index (χ0n) is 12.0. The van der Waals surface area contributed by atoms with Crippen LogP contribution in [-0.2, 0) is 0 Å². The highest BCUT2D eigenvalue weighted by atomic mass is 35.5. The van der Waals surface area contributed by atoms with Crippen LogP contribution in [0.15, 0.2) is 18.2 Å². The second kappa shape index (κ2) is 5.92. The summed E-state index contributed by atoms with van der Waals surface area (Å²) >= 11 is 6.25. The maximum Gasteiger partial charge on any atom is 0.121 e. The van der Waals surface area contributed by atoms with E-state index >= 15 is 0 Å². The molecule has 2 N–H and O–H groups in total. The van der Waals surface area contributed by atoms with E-state index in [1.165, 1.54) is 18.4 Å². The van der Waals surface area contributed by atoms with Crippen LogP contribution >= 0.6 is 11.6 Å². The summed E-state index contributed by atoms with van der Waals surface area (Å²) in [7, 11) is 2.16. The van der Waals surface area contributed by atoms with Crippen molar-refractivity contribution in [3.05, 3.63) is 28.8 Å². The molecule has 0 amide bonds. The third kappa shape index (κ3) is 3.27.